The van der Waals surface area contributed by atoms with Gasteiger partial charge in [-0.15, -0.1) is 0 Å². The van der Waals surface area contributed by atoms with Crippen molar-refractivity contribution in [1.82, 2.24) is 4.57 Å². The Bertz CT molecular complexity index is 587. The van der Waals surface area contributed by atoms with E-state index in [2.05, 4.69) is 11.0 Å². The molecular weight excluding hydrogens is 262 g/mol. The fourth-order valence-corrected chi connectivity index (χ4v) is 3.44. The summed E-state index contributed by atoms with van der Waals surface area (Å²) in [6.45, 7) is 7.69. The highest BCUT2D eigenvalue weighted by Crippen LogP contribution is 2.29. The Hall–Kier alpha value is -1.76. The fourth-order valence-electron chi connectivity index (χ4n) is 3.44. The molecule has 114 valence electrons. The predicted molar refractivity (Wildman–Crippen MR) is 85.8 cm³/mol. The Balaban J connectivity index is 2.55. The van der Waals surface area contributed by atoms with Crippen LogP contribution in [0.2, 0.25) is 0 Å². The van der Waals surface area contributed by atoms with Crippen molar-refractivity contribution in [3.8, 4) is 6.07 Å². The number of hydrogen-bond acceptors (Lipinski definition) is 3. The third-order valence-electron chi connectivity index (χ3n) is 4.57. The molecule has 0 saturated heterocycles. The topological polar surface area (TPSA) is 49.0 Å². The van der Waals surface area contributed by atoms with Crippen LogP contribution >= 0.6 is 0 Å². The summed E-state index contributed by atoms with van der Waals surface area (Å²) in [6, 6.07) is 4.43. The number of nitriles is 1. The van der Waals surface area contributed by atoms with Gasteiger partial charge in [-0.3, -0.25) is 4.79 Å². The second-order valence-corrected chi connectivity index (χ2v) is 5.80. The lowest BCUT2D eigenvalue weighted by Gasteiger charge is -2.28. The Morgan fingerprint density at radius 3 is 2.43 bits per heavy atom. The number of aromatic nitrogens is 1. The van der Waals surface area contributed by atoms with E-state index in [4.69, 9.17) is 0 Å². The number of hydrogen-bond donors (Lipinski definition) is 0. The molecule has 4 nitrogen and oxygen atoms in total. The van der Waals surface area contributed by atoms with Gasteiger partial charge in [-0.05, 0) is 39.7 Å². The second kappa shape index (κ2) is 6.80. The molecule has 0 N–H and O–H groups in total. The lowest BCUT2D eigenvalue weighted by Crippen LogP contribution is -2.33. The number of aryl methyl sites for hydroxylation is 1. The predicted octanol–water partition coefficient (Wildman–Crippen LogP) is 3.38. The van der Waals surface area contributed by atoms with Gasteiger partial charge in [0.05, 0.1) is 5.69 Å². The van der Waals surface area contributed by atoms with Gasteiger partial charge >= 0.3 is 0 Å². The van der Waals surface area contributed by atoms with Crippen LogP contribution in [0.4, 0.5) is 5.69 Å². The average molecular weight is 287 g/mol. The summed E-state index contributed by atoms with van der Waals surface area (Å²) in [6.07, 6.45) is 5.71. The molecular formula is C17H25N3O. The first-order valence-corrected chi connectivity index (χ1v) is 8.05. The maximum absolute atomic E-state index is 12.8. The van der Waals surface area contributed by atoms with Crippen molar-refractivity contribution in [2.24, 2.45) is 0 Å². The van der Waals surface area contributed by atoms with Crippen LogP contribution in [0, 0.1) is 18.3 Å². The van der Waals surface area contributed by atoms with Gasteiger partial charge in [0.1, 0.15) is 11.6 Å². The quantitative estimate of drug-likeness (QED) is 0.853. The number of rotatable bonds is 4. The molecule has 1 heterocycles. The molecule has 0 amide bonds. The van der Waals surface area contributed by atoms with Crippen molar-refractivity contribution in [1.29, 1.82) is 5.26 Å². The van der Waals surface area contributed by atoms with Gasteiger partial charge in [0, 0.05) is 24.8 Å². The smallest absolute Gasteiger partial charge is 0.271 e. The van der Waals surface area contributed by atoms with Crippen LogP contribution in [0.3, 0.4) is 0 Å². The van der Waals surface area contributed by atoms with Gasteiger partial charge in [-0.1, -0.05) is 19.3 Å². The zero-order valence-electron chi connectivity index (χ0n) is 13.4. The first kappa shape index (κ1) is 15.6. The zero-order chi connectivity index (χ0) is 15.4. The molecule has 0 spiro atoms. The summed E-state index contributed by atoms with van der Waals surface area (Å²) >= 11 is 0. The van der Waals surface area contributed by atoms with E-state index >= 15 is 0 Å². The van der Waals surface area contributed by atoms with Crippen molar-refractivity contribution in [3.05, 3.63) is 27.7 Å². The molecule has 1 aliphatic carbocycles. The maximum atomic E-state index is 12.8. The van der Waals surface area contributed by atoms with Crippen molar-refractivity contribution in [3.63, 3.8) is 0 Å². The molecule has 1 aliphatic rings. The Labute approximate surface area is 127 Å². The number of anilines is 1. The Morgan fingerprint density at radius 2 is 1.90 bits per heavy atom. The lowest BCUT2D eigenvalue weighted by molar-refractivity contribution is 0.341. The molecule has 0 aliphatic heterocycles. The van der Waals surface area contributed by atoms with E-state index in [1.807, 2.05) is 31.4 Å². The van der Waals surface area contributed by atoms with Crippen LogP contribution in [0.5, 0.6) is 0 Å². The van der Waals surface area contributed by atoms with Gasteiger partial charge in [0.25, 0.3) is 5.56 Å². The van der Waals surface area contributed by atoms with Crippen LogP contribution in [0.15, 0.2) is 10.9 Å². The molecule has 2 rings (SSSR count). The van der Waals surface area contributed by atoms with E-state index in [-0.39, 0.29) is 11.6 Å². The highest BCUT2D eigenvalue weighted by molar-refractivity contribution is 5.59. The molecule has 0 aromatic carbocycles. The first-order valence-electron chi connectivity index (χ1n) is 8.05. The molecule has 1 fully saturated rings. The van der Waals surface area contributed by atoms with E-state index in [0.717, 1.165) is 37.3 Å². The summed E-state index contributed by atoms with van der Waals surface area (Å²) in [5, 5.41) is 9.46. The van der Waals surface area contributed by atoms with Crippen molar-refractivity contribution in [2.75, 3.05) is 18.0 Å². The van der Waals surface area contributed by atoms with Gasteiger partial charge in [-0.2, -0.15) is 5.26 Å². The number of nitrogens with zero attached hydrogens (tertiary/aromatic N) is 3. The average Bonchev–Trinajstić information content (AvgIpc) is 2.49. The van der Waals surface area contributed by atoms with Gasteiger partial charge in [-0.25, -0.2) is 0 Å². The minimum atomic E-state index is -0.105. The van der Waals surface area contributed by atoms with E-state index in [9.17, 15) is 10.1 Å². The standard InChI is InChI=1S/C17H25N3O/c1-4-19(5-2)16-11-13(3)20(17(21)15(16)12-18)14-9-7-6-8-10-14/h11,14H,4-10H2,1-3H3. The summed E-state index contributed by atoms with van der Waals surface area (Å²) in [5.41, 5.74) is 1.96. The maximum Gasteiger partial charge on any atom is 0.271 e. The van der Waals surface area contributed by atoms with Gasteiger partial charge < -0.3 is 9.47 Å². The summed E-state index contributed by atoms with van der Waals surface area (Å²) in [7, 11) is 0. The normalized spacial score (nSPS) is 15.7. The highest BCUT2D eigenvalue weighted by Gasteiger charge is 2.22. The van der Waals surface area contributed by atoms with Crippen LogP contribution < -0.4 is 10.5 Å². The molecule has 4 heteroatoms. The molecule has 0 unspecified atom stereocenters. The van der Waals surface area contributed by atoms with Crippen molar-refractivity contribution >= 4 is 5.69 Å². The molecule has 1 aromatic heterocycles. The van der Waals surface area contributed by atoms with Crippen molar-refractivity contribution < 1.29 is 0 Å². The van der Waals surface area contributed by atoms with Crippen LogP contribution in [-0.2, 0) is 0 Å². The summed E-state index contributed by atoms with van der Waals surface area (Å²) in [5.74, 6) is 0. The SMILES string of the molecule is CCN(CC)c1cc(C)n(C2CCCCC2)c(=O)c1C#N. The third-order valence-corrected chi connectivity index (χ3v) is 4.57. The fraction of sp³-hybridized carbons (Fsp3) is 0.647. The van der Waals surface area contributed by atoms with Crippen LogP contribution in [-0.4, -0.2) is 17.7 Å². The van der Waals surface area contributed by atoms with E-state index in [0.29, 0.717) is 5.56 Å². The minimum absolute atomic E-state index is 0.105. The zero-order valence-corrected chi connectivity index (χ0v) is 13.4. The molecule has 1 saturated carbocycles. The Kier molecular flexibility index (Phi) is 5.06. The molecule has 0 bridgehead atoms. The monoisotopic (exact) mass is 287 g/mol. The molecule has 1 aromatic rings. The first-order chi connectivity index (χ1) is 10.1. The molecule has 0 radical (unpaired) electrons. The largest absolute Gasteiger partial charge is 0.371 e. The summed E-state index contributed by atoms with van der Waals surface area (Å²) in [4.78, 5) is 14.9. The molecule has 21 heavy (non-hydrogen) atoms. The Morgan fingerprint density at radius 1 is 1.29 bits per heavy atom. The molecule has 0 atom stereocenters. The lowest BCUT2D eigenvalue weighted by atomic mass is 9.94. The third kappa shape index (κ3) is 2.97. The van der Waals surface area contributed by atoms with Gasteiger partial charge in [0.2, 0.25) is 0 Å². The van der Waals surface area contributed by atoms with Crippen LogP contribution in [0.1, 0.15) is 63.3 Å². The second-order valence-electron chi connectivity index (χ2n) is 5.80. The van der Waals surface area contributed by atoms with Crippen LogP contribution in [0.25, 0.3) is 0 Å². The minimum Gasteiger partial charge on any atom is -0.371 e. The van der Waals surface area contributed by atoms with Gasteiger partial charge in [0.15, 0.2) is 0 Å². The van der Waals surface area contributed by atoms with E-state index in [1.54, 1.807) is 0 Å². The highest BCUT2D eigenvalue weighted by atomic mass is 16.1. The summed E-state index contributed by atoms with van der Waals surface area (Å²) < 4.78 is 1.87. The number of pyridine rings is 1. The van der Waals surface area contributed by atoms with Crippen molar-refractivity contribution in [2.45, 2.75) is 58.9 Å². The van der Waals surface area contributed by atoms with E-state index in [1.165, 1.54) is 19.3 Å². The van der Waals surface area contributed by atoms with E-state index < -0.39 is 0 Å².